The Hall–Kier alpha value is -2.44. The Bertz CT molecular complexity index is 486. The molecule has 0 aliphatic rings. The highest BCUT2D eigenvalue weighted by atomic mass is 16.6. The van der Waals surface area contributed by atoms with Crippen molar-refractivity contribution < 1.29 is 13.9 Å². The lowest BCUT2D eigenvalue weighted by molar-refractivity contribution is -0.402. The van der Waals surface area contributed by atoms with Gasteiger partial charge in [0.25, 0.3) is 0 Å². The molecule has 0 aliphatic heterocycles. The Balaban J connectivity index is 2.14. The molecule has 0 amide bonds. The van der Waals surface area contributed by atoms with E-state index in [2.05, 4.69) is 14.7 Å². The van der Waals surface area contributed by atoms with Crippen LogP contribution in [0.2, 0.25) is 0 Å². The predicted molar refractivity (Wildman–Crippen MR) is 48.6 cm³/mol. The molecular formula is C8H5N3O4. The standard InChI is InChI=1S/C8H5N3O4/c12-11(13)8-4-2-6(15-8)1-3-7-9-5-14-10-7/h1-5H. The van der Waals surface area contributed by atoms with Crippen molar-refractivity contribution >= 4 is 18.0 Å². The Morgan fingerprint density at radius 2 is 2.27 bits per heavy atom. The van der Waals surface area contributed by atoms with Crippen molar-refractivity contribution in [2.75, 3.05) is 0 Å². The van der Waals surface area contributed by atoms with Crippen molar-refractivity contribution in [3.8, 4) is 0 Å². The summed E-state index contributed by atoms with van der Waals surface area (Å²) in [6.07, 6.45) is 4.22. The molecule has 0 fully saturated rings. The summed E-state index contributed by atoms with van der Waals surface area (Å²) in [7, 11) is 0. The maximum absolute atomic E-state index is 10.3. The minimum atomic E-state index is -0.605. The molecule has 0 radical (unpaired) electrons. The Labute approximate surface area is 83.2 Å². The van der Waals surface area contributed by atoms with E-state index in [1.54, 1.807) is 0 Å². The lowest BCUT2D eigenvalue weighted by atomic mass is 10.4. The van der Waals surface area contributed by atoms with Crippen molar-refractivity contribution in [2.24, 2.45) is 0 Å². The SMILES string of the molecule is O=[N+]([O-])c1ccc(C=Cc2ncon2)o1. The van der Waals surface area contributed by atoms with Gasteiger partial charge in [-0.25, -0.2) is 0 Å². The van der Waals surface area contributed by atoms with Crippen LogP contribution >= 0.6 is 0 Å². The number of hydrogen-bond donors (Lipinski definition) is 0. The van der Waals surface area contributed by atoms with Gasteiger partial charge in [-0.1, -0.05) is 5.16 Å². The fourth-order valence-electron chi connectivity index (χ4n) is 0.939. The van der Waals surface area contributed by atoms with Gasteiger partial charge in [-0.2, -0.15) is 4.98 Å². The van der Waals surface area contributed by atoms with Crippen LogP contribution in [0.3, 0.4) is 0 Å². The summed E-state index contributed by atoms with van der Waals surface area (Å²) in [5, 5.41) is 13.8. The topological polar surface area (TPSA) is 95.2 Å². The third-order valence-electron chi connectivity index (χ3n) is 1.57. The van der Waals surface area contributed by atoms with Crippen LogP contribution in [-0.2, 0) is 0 Å². The van der Waals surface area contributed by atoms with Gasteiger partial charge in [0, 0.05) is 0 Å². The first-order valence-corrected chi connectivity index (χ1v) is 3.94. The van der Waals surface area contributed by atoms with Crippen molar-refractivity contribution in [3.63, 3.8) is 0 Å². The van der Waals surface area contributed by atoms with E-state index in [4.69, 9.17) is 4.42 Å². The van der Waals surface area contributed by atoms with Crippen LogP contribution in [0.25, 0.3) is 12.2 Å². The van der Waals surface area contributed by atoms with Gasteiger partial charge < -0.3 is 8.94 Å². The van der Waals surface area contributed by atoms with E-state index < -0.39 is 4.92 Å². The van der Waals surface area contributed by atoms with Gasteiger partial charge in [-0.3, -0.25) is 10.1 Å². The summed E-state index contributed by atoms with van der Waals surface area (Å²) in [4.78, 5) is 13.4. The summed E-state index contributed by atoms with van der Waals surface area (Å²) in [5.41, 5.74) is 0. The average molecular weight is 207 g/mol. The van der Waals surface area contributed by atoms with Gasteiger partial charge in [0.05, 0.1) is 6.07 Å². The molecule has 76 valence electrons. The maximum atomic E-state index is 10.3. The second kappa shape index (κ2) is 3.74. The molecule has 0 bridgehead atoms. The number of hydrogen-bond acceptors (Lipinski definition) is 6. The second-order valence-electron chi connectivity index (χ2n) is 2.56. The molecule has 2 aromatic heterocycles. The van der Waals surface area contributed by atoms with Crippen LogP contribution in [0.1, 0.15) is 11.6 Å². The van der Waals surface area contributed by atoms with E-state index in [0.717, 1.165) is 0 Å². The van der Waals surface area contributed by atoms with Crippen LogP contribution in [0.15, 0.2) is 27.5 Å². The molecule has 15 heavy (non-hydrogen) atoms. The Kier molecular flexibility index (Phi) is 2.28. The molecule has 0 saturated heterocycles. The molecule has 2 rings (SSSR count). The third-order valence-corrected chi connectivity index (χ3v) is 1.57. The number of nitro groups is 1. The fraction of sp³-hybridized carbons (Fsp3) is 0. The van der Waals surface area contributed by atoms with Crippen LogP contribution in [0, 0.1) is 10.1 Å². The monoisotopic (exact) mass is 207 g/mol. The van der Waals surface area contributed by atoms with Gasteiger partial charge in [-0.05, 0) is 18.2 Å². The molecule has 0 aromatic carbocycles. The summed E-state index contributed by atoms with van der Waals surface area (Å²) < 4.78 is 9.37. The number of furan rings is 1. The number of aromatic nitrogens is 2. The molecule has 0 saturated carbocycles. The van der Waals surface area contributed by atoms with Crippen LogP contribution < -0.4 is 0 Å². The zero-order chi connectivity index (χ0) is 10.7. The smallest absolute Gasteiger partial charge is 0.401 e. The summed E-state index contributed by atoms with van der Waals surface area (Å²) in [5.74, 6) is 0.420. The van der Waals surface area contributed by atoms with Crippen LogP contribution in [0.4, 0.5) is 5.88 Å². The highest BCUT2D eigenvalue weighted by molar-refractivity contribution is 5.63. The van der Waals surface area contributed by atoms with Crippen molar-refractivity contribution in [1.82, 2.24) is 10.1 Å². The normalized spacial score (nSPS) is 10.9. The minimum absolute atomic E-state index is 0.303. The zero-order valence-corrected chi connectivity index (χ0v) is 7.36. The zero-order valence-electron chi connectivity index (χ0n) is 7.36. The van der Waals surface area contributed by atoms with Gasteiger partial charge in [-0.15, -0.1) is 0 Å². The first kappa shape index (κ1) is 9.13. The second-order valence-corrected chi connectivity index (χ2v) is 2.56. The largest absolute Gasteiger partial charge is 0.433 e. The summed E-state index contributed by atoms with van der Waals surface area (Å²) >= 11 is 0. The predicted octanol–water partition coefficient (Wildman–Crippen LogP) is 1.74. The fourth-order valence-corrected chi connectivity index (χ4v) is 0.939. The van der Waals surface area contributed by atoms with E-state index in [1.165, 1.54) is 30.7 Å². The van der Waals surface area contributed by atoms with Crippen LogP contribution in [-0.4, -0.2) is 15.1 Å². The number of rotatable bonds is 3. The lowest BCUT2D eigenvalue weighted by Gasteiger charge is -1.82. The Morgan fingerprint density at radius 3 is 2.87 bits per heavy atom. The Morgan fingerprint density at radius 1 is 1.40 bits per heavy atom. The molecule has 0 unspecified atom stereocenters. The van der Waals surface area contributed by atoms with E-state index in [9.17, 15) is 10.1 Å². The minimum Gasteiger partial charge on any atom is -0.401 e. The number of nitrogens with zero attached hydrogens (tertiary/aromatic N) is 3. The van der Waals surface area contributed by atoms with Gasteiger partial charge in [0.15, 0.2) is 5.82 Å². The van der Waals surface area contributed by atoms with E-state index in [0.29, 0.717) is 11.6 Å². The molecule has 0 aliphatic carbocycles. The molecular weight excluding hydrogens is 202 g/mol. The van der Waals surface area contributed by atoms with E-state index in [-0.39, 0.29) is 5.88 Å². The molecule has 0 atom stereocenters. The maximum Gasteiger partial charge on any atom is 0.433 e. The van der Waals surface area contributed by atoms with E-state index in [1.807, 2.05) is 0 Å². The first-order chi connectivity index (χ1) is 7.25. The third kappa shape index (κ3) is 2.08. The molecule has 0 N–H and O–H groups in total. The van der Waals surface area contributed by atoms with Crippen molar-refractivity contribution in [2.45, 2.75) is 0 Å². The molecule has 2 heterocycles. The quantitative estimate of drug-likeness (QED) is 0.561. The molecule has 7 heteroatoms. The molecule has 2 aromatic rings. The highest BCUT2D eigenvalue weighted by Crippen LogP contribution is 2.17. The highest BCUT2D eigenvalue weighted by Gasteiger charge is 2.09. The van der Waals surface area contributed by atoms with E-state index >= 15 is 0 Å². The lowest BCUT2D eigenvalue weighted by Crippen LogP contribution is -1.82. The summed E-state index contributed by atoms with van der Waals surface area (Å²) in [6, 6.07) is 2.75. The van der Waals surface area contributed by atoms with Crippen LogP contribution in [0.5, 0.6) is 0 Å². The van der Waals surface area contributed by atoms with Crippen molar-refractivity contribution in [1.29, 1.82) is 0 Å². The van der Waals surface area contributed by atoms with Crippen molar-refractivity contribution in [3.05, 3.63) is 40.2 Å². The van der Waals surface area contributed by atoms with Gasteiger partial charge in [0.2, 0.25) is 6.39 Å². The summed E-state index contributed by atoms with van der Waals surface area (Å²) in [6.45, 7) is 0. The average Bonchev–Trinajstić information content (AvgIpc) is 2.86. The van der Waals surface area contributed by atoms with Gasteiger partial charge in [0.1, 0.15) is 10.7 Å². The van der Waals surface area contributed by atoms with Gasteiger partial charge >= 0.3 is 5.88 Å². The molecule has 7 nitrogen and oxygen atoms in total. The first-order valence-electron chi connectivity index (χ1n) is 3.94. The molecule has 0 spiro atoms.